The summed E-state index contributed by atoms with van der Waals surface area (Å²) in [5.41, 5.74) is 8.17. The predicted molar refractivity (Wildman–Crippen MR) is 145 cm³/mol. The smallest absolute Gasteiger partial charge is 0.246 e. The van der Waals surface area contributed by atoms with Gasteiger partial charge in [-0.05, 0) is 37.6 Å². The van der Waals surface area contributed by atoms with Crippen LogP contribution >= 0.6 is 0 Å². The lowest BCUT2D eigenvalue weighted by Gasteiger charge is -2.22. The average molecular weight is 506 g/mol. The lowest BCUT2D eigenvalue weighted by molar-refractivity contribution is -0.125. The molecule has 3 N–H and O–H groups in total. The second-order valence-electron chi connectivity index (χ2n) is 7.88. The molecule has 37 heavy (non-hydrogen) atoms. The van der Waals surface area contributed by atoms with Crippen molar-refractivity contribution in [2.24, 2.45) is 0 Å². The number of nitrogen functional groups attached to an aromatic ring is 1. The van der Waals surface area contributed by atoms with Crippen molar-refractivity contribution in [3.8, 4) is 11.6 Å². The van der Waals surface area contributed by atoms with E-state index in [2.05, 4.69) is 16.5 Å². The third-order valence-electron chi connectivity index (χ3n) is 5.72. The number of hydrogen-bond acceptors (Lipinski definition) is 6. The molecule has 0 saturated heterocycles. The Morgan fingerprint density at radius 1 is 1.27 bits per heavy atom. The van der Waals surface area contributed by atoms with Crippen LogP contribution in [0.1, 0.15) is 27.7 Å². The number of phenolic OH excluding ortho intramolecular Hbond substituents is 1. The van der Waals surface area contributed by atoms with Gasteiger partial charge in [-0.25, -0.2) is 19.0 Å². The number of phenols is 1. The van der Waals surface area contributed by atoms with Gasteiger partial charge in [-0.15, -0.1) is 0 Å². The fourth-order valence-corrected chi connectivity index (χ4v) is 3.95. The molecule has 3 heterocycles. The van der Waals surface area contributed by atoms with Crippen LogP contribution < -0.4 is 5.73 Å². The third kappa shape index (κ3) is 5.53. The molecule has 10 heteroatoms. The molecule has 0 aliphatic carbocycles. The van der Waals surface area contributed by atoms with Gasteiger partial charge in [-0.1, -0.05) is 38.7 Å². The number of benzene rings is 1. The summed E-state index contributed by atoms with van der Waals surface area (Å²) in [6.07, 6.45) is 10.2. The SMILES string of the molecule is C=CC(=O)N(CCn1nc(-n2ccc3cc(O)c(F)cc32)c2c(N)ncnc21)CC(/C=C\C)=C/C.CC. The number of amides is 1. The maximum absolute atomic E-state index is 14.1. The summed E-state index contributed by atoms with van der Waals surface area (Å²) in [4.78, 5) is 22.7. The number of nitrogens with zero attached hydrogens (tertiary/aromatic N) is 6. The second kappa shape index (κ2) is 12.0. The van der Waals surface area contributed by atoms with Crippen LogP contribution in [0, 0.1) is 5.82 Å². The van der Waals surface area contributed by atoms with E-state index < -0.39 is 11.6 Å². The third-order valence-corrected chi connectivity index (χ3v) is 5.72. The minimum absolute atomic E-state index is 0.202. The van der Waals surface area contributed by atoms with Crippen LogP contribution in [-0.4, -0.2) is 53.3 Å². The van der Waals surface area contributed by atoms with Crippen LogP contribution in [-0.2, 0) is 11.3 Å². The summed E-state index contributed by atoms with van der Waals surface area (Å²) >= 11 is 0. The number of fused-ring (bicyclic) bond motifs is 2. The molecule has 0 radical (unpaired) electrons. The van der Waals surface area contributed by atoms with Crippen molar-refractivity contribution in [2.75, 3.05) is 18.8 Å². The lowest BCUT2D eigenvalue weighted by atomic mass is 10.2. The van der Waals surface area contributed by atoms with Crippen LogP contribution in [0.2, 0.25) is 0 Å². The zero-order valence-electron chi connectivity index (χ0n) is 21.5. The first-order valence-corrected chi connectivity index (χ1v) is 12.0. The topological polar surface area (TPSA) is 115 Å². The van der Waals surface area contributed by atoms with Gasteiger partial charge in [0.05, 0.1) is 12.1 Å². The number of anilines is 1. The molecule has 0 bridgehead atoms. The number of aromatic hydroxyl groups is 1. The normalized spacial score (nSPS) is 11.6. The molecule has 0 fully saturated rings. The van der Waals surface area contributed by atoms with Gasteiger partial charge in [-0.2, -0.15) is 5.10 Å². The molecule has 4 rings (SSSR count). The zero-order chi connectivity index (χ0) is 27.1. The molecule has 3 aromatic heterocycles. The van der Waals surface area contributed by atoms with E-state index >= 15 is 0 Å². The second-order valence-corrected chi connectivity index (χ2v) is 7.88. The highest BCUT2D eigenvalue weighted by molar-refractivity contribution is 5.95. The van der Waals surface area contributed by atoms with E-state index in [1.807, 2.05) is 45.9 Å². The summed E-state index contributed by atoms with van der Waals surface area (Å²) in [7, 11) is 0. The van der Waals surface area contributed by atoms with Crippen molar-refractivity contribution in [1.29, 1.82) is 0 Å². The van der Waals surface area contributed by atoms with E-state index in [1.54, 1.807) is 26.4 Å². The van der Waals surface area contributed by atoms with Crippen molar-refractivity contribution in [2.45, 2.75) is 34.2 Å². The predicted octanol–water partition coefficient (Wildman–Crippen LogP) is 4.76. The van der Waals surface area contributed by atoms with Crippen LogP contribution in [0.25, 0.3) is 27.8 Å². The minimum Gasteiger partial charge on any atom is -0.505 e. The molecule has 4 aromatic rings. The minimum atomic E-state index is -0.745. The molecule has 0 atom stereocenters. The molecular weight excluding hydrogens is 473 g/mol. The Kier molecular flexibility index (Phi) is 8.78. The number of aromatic nitrogens is 5. The van der Waals surface area contributed by atoms with Crippen LogP contribution in [0.4, 0.5) is 10.2 Å². The number of hydrogen-bond donors (Lipinski definition) is 2. The van der Waals surface area contributed by atoms with Gasteiger partial charge >= 0.3 is 0 Å². The van der Waals surface area contributed by atoms with E-state index in [4.69, 9.17) is 10.8 Å². The summed E-state index contributed by atoms with van der Waals surface area (Å²) in [6.45, 7) is 12.5. The monoisotopic (exact) mass is 505 g/mol. The van der Waals surface area contributed by atoms with E-state index in [0.717, 1.165) is 5.57 Å². The van der Waals surface area contributed by atoms with E-state index in [-0.39, 0.29) is 11.7 Å². The molecule has 194 valence electrons. The highest BCUT2D eigenvalue weighted by Crippen LogP contribution is 2.30. The number of halogens is 1. The standard InChI is InChI=1S/C25H26FN7O2.C2H6/c1-4-7-16(5-2)14-31(21(35)6-3)10-11-33-24-22(23(27)28-15-29-24)25(30-33)32-9-8-17-12-20(34)18(26)13-19(17)32;1-2/h4-9,12-13,15,34H,3,10-11,14H2,1-2H3,(H2,27,28,29);1-2H3/b7-4-,16-5+;. The fraction of sp³-hybridized carbons (Fsp3) is 0.259. The molecule has 0 aliphatic rings. The number of carbonyl (C=O) groups excluding carboxylic acids is 1. The van der Waals surface area contributed by atoms with Crippen LogP contribution in [0.5, 0.6) is 5.75 Å². The Bertz CT molecular complexity index is 1480. The van der Waals surface area contributed by atoms with E-state index in [0.29, 0.717) is 47.4 Å². The molecule has 1 aromatic carbocycles. The molecule has 0 aliphatic heterocycles. The van der Waals surface area contributed by atoms with Gasteiger partial charge in [-0.3, -0.25) is 9.36 Å². The highest BCUT2D eigenvalue weighted by atomic mass is 19.1. The Morgan fingerprint density at radius 2 is 2.03 bits per heavy atom. The van der Waals surface area contributed by atoms with Gasteiger partial charge in [0.2, 0.25) is 5.91 Å². The molecule has 9 nitrogen and oxygen atoms in total. The zero-order valence-corrected chi connectivity index (χ0v) is 21.5. The van der Waals surface area contributed by atoms with Gasteiger partial charge in [0.1, 0.15) is 17.5 Å². The maximum atomic E-state index is 14.1. The van der Waals surface area contributed by atoms with Crippen molar-refractivity contribution in [3.63, 3.8) is 0 Å². The van der Waals surface area contributed by atoms with E-state index in [9.17, 15) is 14.3 Å². The summed E-state index contributed by atoms with van der Waals surface area (Å²) in [5.74, 6) is -0.737. The Balaban J connectivity index is 0.00000186. The van der Waals surface area contributed by atoms with Crippen LogP contribution in [0.3, 0.4) is 0 Å². The molecule has 0 spiro atoms. The lowest BCUT2D eigenvalue weighted by Crippen LogP contribution is -2.34. The van der Waals surface area contributed by atoms with Gasteiger partial charge in [0.25, 0.3) is 0 Å². The van der Waals surface area contributed by atoms with E-state index in [1.165, 1.54) is 24.5 Å². The maximum Gasteiger partial charge on any atom is 0.246 e. The number of allylic oxidation sites excluding steroid dienone is 2. The number of nitrogens with two attached hydrogens (primary N) is 1. The molecule has 0 unspecified atom stereocenters. The van der Waals surface area contributed by atoms with Crippen molar-refractivity contribution in [3.05, 3.63) is 73.0 Å². The van der Waals surface area contributed by atoms with Gasteiger partial charge in [0.15, 0.2) is 23.0 Å². The number of rotatable bonds is 8. The van der Waals surface area contributed by atoms with Crippen molar-refractivity contribution >= 4 is 33.7 Å². The molecule has 1 amide bonds. The largest absolute Gasteiger partial charge is 0.505 e. The molecule has 0 saturated carbocycles. The Morgan fingerprint density at radius 3 is 2.70 bits per heavy atom. The summed E-state index contributed by atoms with van der Waals surface area (Å²) < 4.78 is 17.5. The van der Waals surface area contributed by atoms with Gasteiger partial charge < -0.3 is 15.7 Å². The Labute approximate surface area is 215 Å². The first-order chi connectivity index (χ1) is 17.9. The number of carbonyl (C=O) groups is 1. The van der Waals surface area contributed by atoms with Gasteiger partial charge in [0, 0.05) is 30.7 Å². The Hall–Kier alpha value is -4.47. The fourth-order valence-electron chi connectivity index (χ4n) is 3.95. The first kappa shape index (κ1) is 27.1. The first-order valence-electron chi connectivity index (χ1n) is 12.0. The van der Waals surface area contributed by atoms with Crippen molar-refractivity contribution < 1.29 is 14.3 Å². The quantitative estimate of drug-likeness (QED) is 0.264. The molecular formula is C27H32FN7O2. The summed E-state index contributed by atoms with van der Waals surface area (Å²) in [6, 6.07) is 4.33. The highest BCUT2D eigenvalue weighted by Gasteiger charge is 2.20. The average Bonchev–Trinajstić information content (AvgIpc) is 3.48. The van der Waals surface area contributed by atoms with Crippen molar-refractivity contribution in [1.82, 2.24) is 29.2 Å². The summed E-state index contributed by atoms with van der Waals surface area (Å²) in [5, 5.41) is 15.6. The van der Waals surface area contributed by atoms with Crippen LogP contribution in [0.15, 0.2) is 67.2 Å².